The molecule has 94 valence electrons. The third kappa shape index (κ3) is 3.22. The first-order chi connectivity index (χ1) is 8.24. The summed E-state index contributed by atoms with van der Waals surface area (Å²) in [5, 5.41) is 0. The van der Waals surface area contributed by atoms with Crippen molar-refractivity contribution in [3.8, 4) is 5.88 Å². The van der Waals surface area contributed by atoms with E-state index in [0.29, 0.717) is 24.4 Å². The third-order valence-electron chi connectivity index (χ3n) is 2.68. The molecular weight excluding hydrogens is 238 g/mol. The van der Waals surface area contributed by atoms with Crippen molar-refractivity contribution >= 4 is 17.5 Å². The summed E-state index contributed by atoms with van der Waals surface area (Å²) in [5.41, 5.74) is 0.929. The molecule has 4 nitrogen and oxygen atoms in total. The number of alkyl halides is 1. The maximum Gasteiger partial charge on any atom is 0.229 e. The van der Waals surface area contributed by atoms with Gasteiger partial charge >= 0.3 is 0 Å². The lowest BCUT2D eigenvalue weighted by Gasteiger charge is -2.21. The predicted octanol–water partition coefficient (Wildman–Crippen LogP) is 2.39. The van der Waals surface area contributed by atoms with Crippen LogP contribution in [0.15, 0.2) is 6.07 Å². The molecule has 1 aromatic rings. The molecule has 1 heterocycles. The second kappa shape index (κ2) is 5.54. The van der Waals surface area contributed by atoms with E-state index in [4.69, 9.17) is 16.3 Å². The van der Waals surface area contributed by atoms with Gasteiger partial charge in [-0.15, -0.1) is 11.6 Å². The van der Waals surface area contributed by atoms with Gasteiger partial charge in [0, 0.05) is 30.2 Å². The maximum atomic E-state index is 5.83. The van der Waals surface area contributed by atoms with Gasteiger partial charge < -0.3 is 9.64 Å². The molecule has 0 spiro atoms. The van der Waals surface area contributed by atoms with Crippen molar-refractivity contribution in [3.63, 3.8) is 0 Å². The fourth-order valence-electron chi connectivity index (χ4n) is 1.80. The Hall–Kier alpha value is -1.03. The van der Waals surface area contributed by atoms with Crippen LogP contribution in [-0.2, 0) is 0 Å². The molecular formula is C12H18ClN3O. The van der Waals surface area contributed by atoms with Crippen LogP contribution in [0.1, 0.15) is 25.5 Å². The Balaban J connectivity index is 2.22. The molecule has 0 aromatic carbocycles. The van der Waals surface area contributed by atoms with Gasteiger partial charge in [0.05, 0.1) is 6.61 Å². The van der Waals surface area contributed by atoms with Crippen molar-refractivity contribution in [1.29, 1.82) is 0 Å². The normalized spacial score (nSPS) is 14.8. The van der Waals surface area contributed by atoms with Gasteiger partial charge in [0.15, 0.2) is 0 Å². The number of hydrogen-bond donors (Lipinski definition) is 0. The molecule has 0 amide bonds. The number of nitrogens with zero attached hydrogens (tertiary/aromatic N) is 3. The van der Waals surface area contributed by atoms with Gasteiger partial charge in [0.2, 0.25) is 11.8 Å². The number of aryl methyl sites for hydroxylation is 1. The molecule has 0 atom stereocenters. The smallest absolute Gasteiger partial charge is 0.229 e. The van der Waals surface area contributed by atoms with E-state index in [9.17, 15) is 0 Å². The standard InChI is InChI=1S/C12H18ClN3O/c1-3-17-11-8-9(2)14-12(15-11)16(7-6-13)10-4-5-10/h8,10H,3-7H2,1-2H3. The fourth-order valence-corrected chi connectivity index (χ4v) is 1.98. The van der Waals surface area contributed by atoms with E-state index >= 15 is 0 Å². The zero-order valence-corrected chi connectivity index (χ0v) is 11.1. The minimum atomic E-state index is 0.560. The minimum Gasteiger partial charge on any atom is -0.478 e. The summed E-state index contributed by atoms with van der Waals surface area (Å²) in [6.07, 6.45) is 2.41. The number of rotatable bonds is 6. The van der Waals surface area contributed by atoms with E-state index in [0.717, 1.165) is 18.2 Å². The highest BCUT2D eigenvalue weighted by molar-refractivity contribution is 6.18. The fraction of sp³-hybridized carbons (Fsp3) is 0.667. The molecule has 1 fully saturated rings. The number of aromatic nitrogens is 2. The topological polar surface area (TPSA) is 38.2 Å². The molecule has 0 saturated heterocycles. The molecule has 0 radical (unpaired) electrons. The van der Waals surface area contributed by atoms with Crippen LogP contribution in [-0.4, -0.2) is 35.0 Å². The van der Waals surface area contributed by atoms with Crippen LogP contribution < -0.4 is 9.64 Å². The van der Waals surface area contributed by atoms with Crippen LogP contribution >= 0.6 is 11.6 Å². The Morgan fingerprint density at radius 2 is 2.24 bits per heavy atom. The monoisotopic (exact) mass is 255 g/mol. The predicted molar refractivity (Wildman–Crippen MR) is 69.0 cm³/mol. The SMILES string of the molecule is CCOc1cc(C)nc(N(CCCl)C2CC2)n1. The lowest BCUT2D eigenvalue weighted by Crippen LogP contribution is -2.29. The molecule has 1 aliphatic rings. The lowest BCUT2D eigenvalue weighted by atomic mass is 10.4. The second-order valence-electron chi connectivity index (χ2n) is 4.19. The van der Waals surface area contributed by atoms with E-state index in [1.54, 1.807) is 0 Å². The quantitative estimate of drug-likeness (QED) is 0.732. The Morgan fingerprint density at radius 3 is 2.82 bits per heavy atom. The Morgan fingerprint density at radius 1 is 1.47 bits per heavy atom. The van der Waals surface area contributed by atoms with Crippen molar-refractivity contribution < 1.29 is 4.74 Å². The molecule has 1 aliphatic carbocycles. The number of anilines is 1. The van der Waals surface area contributed by atoms with Crippen LogP contribution in [0, 0.1) is 6.92 Å². The summed E-state index contributed by atoms with van der Waals surface area (Å²) < 4.78 is 5.45. The summed E-state index contributed by atoms with van der Waals surface area (Å²) in [4.78, 5) is 11.1. The van der Waals surface area contributed by atoms with Gasteiger partial charge in [-0.05, 0) is 26.7 Å². The summed E-state index contributed by atoms with van der Waals surface area (Å²) in [6, 6.07) is 2.42. The van der Waals surface area contributed by atoms with Crippen molar-refractivity contribution in [2.45, 2.75) is 32.7 Å². The van der Waals surface area contributed by atoms with Crippen LogP contribution in [0.25, 0.3) is 0 Å². The van der Waals surface area contributed by atoms with Crippen molar-refractivity contribution in [2.75, 3.05) is 23.9 Å². The summed E-state index contributed by atoms with van der Waals surface area (Å²) in [6.45, 7) is 5.32. The van der Waals surface area contributed by atoms with Gasteiger partial charge in [-0.1, -0.05) is 0 Å². The van der Waals surface area contributed by atoms with E-state index in [1.807, 2.05) is 19.9 Å². The third-order valence-corrected chi connectivity index (χ3v) is 2.85. The van der Waals surface area contributed by atoms with Crippen LogP contribution in [0.2, 0.25) is 0 Å². The molecule has 1 saturated carbocycles. The van der Waals surface area contributed by atoms with Crippen molar-refractivity contribution in [1.82, 2.24) is 9.97 Å². The highest BCUT2D eigenvalue weighted by Crippen LogP contribution is 2.30. The zero-order valence-electron chi connectivity index (χ0n) is 10.3. The van der Waals surface area contributed by atoms with E-state index in [-0.39, 0.29) is 0 Å². The molecule has 1 aromatic heterocycles. The van der Waals surface area contributed by atoms with E-state index < -0.39 is 0 Å². The van der Waals surface area contributed by atoms with Gasteiger partial charge in [-0.3, -0.25) is 0 Å². The van der Waals surface area contributed by atoms with Gasteiger partial charge in [0.25, 0.3) is 0 Å². The number of hydrogen-bond acceptors (Lipinski definition) is 4. The van der Waals surface area contributed by atoms with Gasteiger partial charge in [-0.25, -0.2) is 4.98 Å². The van der Waals surface area contributed by atoms with E-state index in [2.05, 4.69) is 14.9 Å². The lowest BCUT2D eigenvalue weighted by molar-refractivity contribution is 0.326. The first kappa shape index (κ1) is 12.4. The minimum absolute atomic E-state index is 0.560. The van der Waals surface area contributed by atoms with Crippen LogP contribution in [0.3, 0.4) is 0 Å². The Kier molecular flexibility index (Phi) is 4.05. The average molecular weight is 256 g/mol. The molecule has 2 rings (SSSR count). The average Bonchev–Trinajstić information content (AvgIpc) is 3.09. The first-order valence-electron chi connectivity index (χ1n) is 6.05. The van der Waals surface area contributed by atoms with Gasteiger partial charge in [0.1, 0.15) is 0 Å². The molecule has 0 unspecified atom stereocenters. The van der Waals surface area contributed by atoms with Crippen LogP contribution in [0.5, 0.6) is 5.88 Å². The highest BCUT2D eigenvalue weighted by Gasteiger charge is 2.30. The Bertz CT molecular complexity index is 382. The molecule has 0 bridgehead atoms. The zero-order chi connectivity index (χ0) is 12.3. The van der Waals surface area contributed by atoms with Gasteiger partial charge in [-0.2, -0.15) is 4.98 Å². The van der Waals surface area contributed by atoms with Crippen molar-refractivity contribution in [2.24, 2.45) is 0 Å². The number of ether oxygens (including phenoxy) is 1. The molecule has 0 N–H and O–H groups in total. The first-order valence-corrected chi connectivity index (χ1v) is 6.59. The maximum absolute atomic E-state index is 5.83. The van der Waals surface area contributed by atoms with Crippen LogP contribution in [0.4, 0.5) is 5.95 Å². The molecule has 0 aliphatic heterocycles. The number of halogens is 1. The summed E-state index contributed by atoms with van der Waals surface area (Å²) in [7, 11) is 0. The second-order valence-corrected chi connectivity index (χ2v) is 4.57. The molecule has 5 heteroatoms. The molecule has 17 heavy (non-hydrogen) atoms. The van der Waals surface area contributed by atoms with Crippen molar-refractivity contribution in [3.05, 3.63) is 11.8 Å². The largest absolute Gasteiger partial charge is 0.478 e. The summed E-state index contributed by atoms with van der Waals surface area (Å²) in [5.74, 6) is 1.99. The highest BCUT2D eigenvalue weighted by atomic mass is 35.5. The Labute approximate surface area is 107 Å². The summed E-state index contributed by atoms with van der Waals surface area (Å²) >= 11 is 5.83. The van der Waals surface area contributed by atoms with E-state index in [1.165, 1.54) is 12.8 Å².